The molecule has 0 heterocycles. The fraction of sp³-hybridized carbons (Fsp3) is 0.100. The molecule has 0 saturated carbocycles. The van der Waals surface area contributed by atoms with E-state index >= 15 is 0 Å². The average Bonchev–Trinajstić information content (AvgIpc) is 3.09. The van der Waals surface area contributed by atoms with Gasteiger partial charge in [-0.25, -0.2) is 0 Å². The third-order valence-electron chi connectivity index (χ3n) is 7.39. The van der Waals surface area contributed by atoms with Crippen LogP contribution >= 0.6 is 0 Å². The van der Waals surface area contributed by atoms with Crippen molar-refractivity contribution in [1.29, 1.82) is 0 Å². The van der Waals surface area contributed by atoms with Gasteiger partial charge in [0.05, 0.1) is 0 Å². The van der Waals surface area contributed by atoms with Crippen molar-refractivity contribution >= 4 is 0 Å². The van der Waals surface area contributed by atoms with Gasteiger partial charge < -0.3 is 14.2 Å². The van der Waals surface area contributed by atoms with E-state index in [0.717, 1.165) is 33.9 Å². The number of hydrogen-bond donors (Lipinski definition) is 0. The fourth-order valence-electron chi connectivity index (χ4n) is 5.07. The van der Waals surface area contributed by atoms with Crippen molar-refractivity contribution in [2.45, 2.75) is 25.7 Å². The van der Waals surface area contributed by atoms with E-state index in [1.54, 1.807) is 0 Å². The maximum Gasteiger partial charge on any atom is 0.119 e. The first-order valence-corrected chi connectivity index (χ1v) is 14.6. The summed E-state index contributed by atoms with van der Waals surface area (Å²) >= 11 is 0. The van der Waals surface area contributed by atoms with Gasteiger partial charge in [0, 0.05) is 5.92 Å². The Morgan fingerprint density at radius 2 is 0.558 bits per heavy atom. The maximum atomic E-state index is 6.06. The van der Waals surface area contributed by atoms with Crippen LogP contribution in [0.4, 0.5) is 0 Å². The van der Waals surface area contributed by atoms with E-state index in [2.05, 4.69) is 109 Å². The lowest BCUT2D eigenvalue weighted by Gasteiger charge is -2.20. The molecule has 0 aliphatic rings. The zero-order chi connectivity index (χ0) is 29.1. The Morgan fingerprint density at radius 1 is 0.302 bits per heavy atom. The van der Waals surface area contributed by atoms with Crippen molar-refractivity contribution in [3.63, 3.8) is 0 Å². The first-order chi connectivity index (χ1) is 21.3. The van der Waals surface area contributed by atoms with Crippen LogP contribution in [0.3, 0.4) is 0 Å². The van der Waals surface area contributed by atoms with E-state index in [1.165, 1.54) is 16.7 Å². The zero-order valence-corrected chi connectivity index (χ0v) is 24.0. The van der Waals surface area contributed by atoms with Crippen molar-refractivity contribution in [1.82, 2.24) is 0 Å². The van der Waals surface area contributed by atoms with E-state index in [-0.39, 0.29) is 5.92 Å². The van der Waals surface area contributed by atoms with Crippen molar-refractivity contribution in [2.75, 3.05) is 0 Å². The van der Waals surface area contributed by atoms with Gasteiger partial charge in [-0.1, -0.05) is 127 Å². The van der Waals surface area contributed by atoms with Crippen LogP contribution in [0.25, 0.3) is 0 Å². The molecule has 0 aromatic heterocycles. The summed E-state index contributed by atoms with van der Waals surface area (Å²) < 4.78 is 18.2. The van der Waals surface area contributed by atoms with Gasteiger partial charge in [0.25, 0.3) is 0 Å². The molecular formula is C40H34O3. The van der Waals surface area contributed by atoms with Gasteiger partial charge >= 0.3 is 0 Å². The molecule has 6 aromatic carbocycles. The van der Waals surface area contributed by atoms with Gasteiger partial charge in [0.2, 0.25) is 0 Å². The molecule has 43 heavy (non-hydrogen) atoms. The Balaban J connectivity index is 1.21. The summed E-state index contributed by atoms with van der Waals surface area (Å²) in [5.74, 6) is 2.58. The molecule has 0 fully saturated rings. The van der Waals surface area contributed by atoms with E-state index < -0.39 is 0 Å². The highest BCUT2D eigenvalue weighted by atomic mass is 16.5. The molecule has 6 rings (SSSR count). The van der Waals surface area contributed by atoms with Crippen molar-refractivity contribution in [3.8, 4) is 17.2 Å². The van der Waals surface area contributed by atoms with Crippen LogP contribution in [0.15, 0.2) is 164 Å². The summed E-state index contributed by atoms with van der Waals surface area (Å²) in [6, 6.07) is 56.0. The van der Waals surface area contributed by atoms with Crippen LogP contribution in [0.1, 0.15) is 39.3 Å². The van der Waals surface area contributed by atoms with Crippen LogP contribution in [0.5, 0.6) is 17.2 Å². The highest BCUT2D eigenvalue weighted by Crippen LogP contribution is 2.35. The van der Waals surface area contributed by atoms with Gasteiger partial charge in [0.15, 0.2) is 0 Å². The lowest BCUT2D eigenvalue weighted by Crippen LogP contribution is -2.04. The molecule has 0 amide bonds. The third kappa shape index (κ3) is 7.72. The van der Waals surface area contributed by atoms with Crippen LogP contribution < -0.4 is 14.2 Å². The van der Waals surface area contributed by atoms with E-state index in [4.69, 9.17) is 14.2 Å². The second kappa shape index (κ2) is 14.1. The molecule has 3 nitrogen and oxygen atoms in total. The summed E-state index contributed by atoms with van der Waals surface area (Å²) in [5.41, 5.74) is 6.99. The first kappa shape index (κ1) is 27.9. The molecule has 0 atom stereocenters. The first-order valence-electron chi connectivity index (χ1n) is 14.6. The molecule has 0 N–H and O–H groups in total. The molecule has 0 aliphatic heterocycles. The monoisotopic (exact) mass is 562 g/mol. The standard InChI is InChI=1S/C40H34O3/c1-4-10-31(11-5-1)28-41-37-22-16-34(17-23-37)40(35-18-24-38(25-19-35)42-29-32-12-6-2-7-13-32)36-20-26-39(27-21-36)43-30-33-14-8-3-9-15-33/h1-27,40H,28-30H2. The number of rotatable bonds is 12. The van der Waals surface area contributed by atoms with Crippen molar-refractivity contribution in [3.05, 3.63) is 197 Å². The maximum absolute atomic E-state index is 6.06. The predicted octanol–water partition coefficient (Wildman–Crippen LogP) is 9.60. The Morgan fingerprint density at radius 3 is 0.814 bits per heavy atom. The molecule has 6 aromatic rings. The molecule has 0 saturated heterocycles. The lowest BCUT2D eigenvalue weighted by atomic mass is 9.85. The molecule has 0 spiro atoms. The van der Waals surface area contributed by atoms with Gasteiger partial charge in [-0.05, 0) is 69.8 Å². The van der Waals surface area contributed by atoms with Crippen LogP contribution in [0.2, 0.25) is 0 Å². The summed E-state index contributed by atoms with van der Waals surface area (Å²) in [6.07, 6.45) is 0. The van der Waals surface area contributed by atoms with Crippen molar-refractivity contribution in [2.24, 2.45) is 0 Å². The lowest BCUT2D eigenvalue weighted by molar-refractivity contribution is 0.306. The van der Waals surface area contributed by atoms with Gasteiger partial charge in [-0.3, -0.25) is 0 Å². The number of ether oxygens (including phenoxy) is 3. The Labute approximate surface area is 254 Å². The minimum atomic E-state index is 0.0366. The van der Waals surface area contributed by atoms with Crippen LogP contribution in [-0.4, -0.2) is 0 Å². The van der Waals surface area contributed by atoms with Gasteiger partial charge in [-0.15, -0.1) is 0 Å². The quantitative estimate of drug-likeness (QED) is 0.139. The average molecular weight is 563 g/mol. The topological polar surface area (TPSA) is 27.7 Å². The molecule has 0 bridgehead atoms. The van der Waals surface area contributed by atoms with Gasteiger partial charge in [0.1, 0.15) is 37.1 Å². The largest absolute Gasteiger partial charge is 0.489 e. The SMILES string of the molecule is c1ccc(COc2ccc(C(c3ccc(OCc4ccccc4)cc3)c3ccc(OCc4ccccc4)cc3)cc2)cc1. The smallest absolute Gasteiger partial charge is 0.119 e. The highest BCUT2D eigenvalue weighted by molar-refractivity contribution is 5.47. The summed E-state index contributed by atoms with van der Waals surface area (Å²) in [5, 5.41) is 0. The molecule has 0 aliphatic carbocycles. The van der Waals surface area contributed by atoms with E-state index in [0.29, 0.717) is 19.8 Å². The minimum Gasteiger partial charge on any atom is -0.489 e. The van der Waals surface area contributed by atoms with Crippen LogP contribution in [-0.2, 0) is 19.8 Å². The normalized spacial score (nSPS) is 10.8. The zero-order valence-electron chi connectivity index (χ0n) is 24.0. The van der Waals surface area contributed by atoms with E-state index in [9.17, 15) is 0 Å². The summed E-state index contributed by atoms with van der Waals surface area (Å²) in [4.78, 5) is 0. The van der Waals surface area contributed by atoms with Crippen LogP contribution in [0, 0.1) is 0 Å². The van der Waals surface area contributed by atoms with E-state index in [1.807, 2.05) is 54.6 Å². The molecule has 0 unspecified atom stereocenters. The molecule has 212 valence electrons. The number of hydrogen-bond acceptors (Lipinski definition) is 3. The summed E-state index contributed by atoms with van der Waals surface area (Å²) in [6.45, 7) is 1.62. The predicted molar refractivity (Wildman–Crippen MR) is 173 cm³/mol. The number of benzene rings is 6. The fourth-order valence-corrected chi connectivity index (χ4v) is 5.07. The second-order valence-electron chi connectivity index (χ2n) is 10.5. The molecule has 0 radical (unpaired) electrons. The van der Waals surface area contributed by atoms with Gasteiger partial charge in [-0.2, -0.15) is 0 Å². The summed E-state index contributed by atoms with van der Waals surface area (Å²) in [7, 11) is 0. The van der Waals surface area contributed by atoms with Crippen molar-refractivity contribution < 1.29 is 14.2 Å². The Bertz CT molecular complexity index is 1460. The molecular weight excluding hydrogens is 528 g/mol. The second-order valence-corrected chi connectivity index (χ2v) is 10.5. The third-order valence-corrected chi connectivity index (χ3v) is 7.39. The Hall–Kier alpha value is -5.28. The molecule has 3 heteroatoms. The highest BCUT2D eigenvalue weighted by Gasteiger charge is 2.18. The minimum absolute atomic E-state index is 0.0366. The Kier molecular flexibility index (Phi) is 9.11.